The molecule has 2 aromatic carbocycles. The largest absolute Gasteiger partial charge is 0.454 e. The van der Waals surface area contributed by atoms with E-state index in [1.807, 2.05) is 40.9 Å². The van der Waals surface area contributed by atoms with Crippen LogP contribution in [0, 0.1) is 0 Å². The molecule has 1 saturated heterocycles. The van der Waals surface area contributed by atoms with Crippen molar-refractivity contribution >= 4 is 51.0 Å². The van der Waals surface area contributed by atoms with Gasteiger partial charge in [0.05, 0.1) is 16.0 Å². The van der Waals surface area contributed by atoms with E-state index >= 15 is 0 Å². The molecule has 5 rings (SSSR count). The summed E-state index contributed by atoms with van der Waals surface area (Å²) < 4.78 is 13.0. The zero-order valence-corrected chi connectivity index (χ0v) is 18.2. The van der Waals surface area contributed by atoms with E-state index in [9.17, 15) is 4.79 Å². The molecule has 150 valence electrons. The van der Waals surface area contributed by atoms with E-state index in [2.05, 4.69) is 23.2 Å². The number of thioether (sulfide) groups is 2. The summed E-state index contributed by atoms with van der Waals surface area (Å²) in [7, 11) is 0. The Kier molecular flexibility index (Phi) is 5.56. The molecule has 2 aliphatic rings. The Balaban J connectivity index is 1.18. The molecule has 1 fully saturated rings. The maximum atomic E-state index is 12.8. The SMILES string of the molecule is O=C(CSc1nc2ccccc2s1)N1CCSC(c2ccc3c(c2)OCO3)CC1. The first-order valence-corrected chi connectivity index (χ1v) is 12.4. The first-order valence-electron chi connectivity index (χ1n) is 9.53. The van der Waals surface area contributed by atoms with Crippen LogP contribution in [0.25, 0.3) is 10.2 Å². The van der Waals surface area contributed by atoms with Gasteiger partial charge in [-0.1, -0.05) is 30.0 Å². The van der Waals surface area contributed by atoms with Crippen LogP contribution in [-0.4, -0.2) is 47.2 Å². The van der Waals surface area contributed by atoms with Crippen LogP contribution in [-0.2, 0) is 4.79 Å². The van der Waals surface area contributed by atoms with Crippen molar-refractivity contribution in [3.05, 3.63) is 48.0 Å². The molecule has 1 amide bonds. The van der Waals surface area contributed by atoms with Gasteiger partial charge in [-0.15, -0.1) is 11.3 Å². The maximum absolute atomic E-state index is 12.8. The van der Waals surface area contributed by atoms with Gasteiger partial charge < -0.3 is 14.4 Å². The summed E-state index contributed by atoms with van der Waals surface area (Å²) in [6.45, 7) is 1.88. The van der Waals surface area contributed by atoms with Crippen molar-refractivity contribution in [2.45, 2.75) is 16.0 Å². The van der Waals surface area contributed by atoms with Gasteiger partial charge in [-0.2, -0.15) is 11.8 Å². The standard InChI is InChI=1S/C21H20N2O3S3/c24-20(12-28-21-22-15-3-1-2-4-19(15)29-21)23-8-7-18(27-10-9-23)14-5-6-16-17(11-14)26-13-25-16/h1-6,11,18H,7-10,12-13H2. The van der Waals surface area contributed by atoms with Crippen LogP contribution in [0.2, 0.25) is 0 Å². The average Bonchev–Trinajstić information content (AvgIpc) is 3.31. The zero-order valence-electron chi connectivity index (χ0n) is 15.7. The molecule has 2 aliphatic heterocycles. The minimum Gasteiger partial charge on any atom is -0.454 e. The molecule has 29 heavy (non-hydrogen) atoms. The lowest BCUT2D eigenvalue weighted by molar-refractivity contribution is -0.128. The van der Waals surface area contributed by atoms with Gasteiger partial charge in [0.25, 0.3) is 0 Å². The Morgan fingerprint density at radius 2 is 2.07 bits per heavy atom. The van der Waals surface area contributed by atoms with Crippen molar-refractivity contribution in [3.8, 4) is 11.5 Å². The van der Waals surface area contributed by atoms with Crippen molar-refractivity contribution in [1.29, 1.82) is 0 Å². The molecule has 0 radical (unpaired) electrons. The molecule has 0 N–H and O–H groups in total. The summed E-state index contributed by atoms with van der Waals surface area (Å²) in [4.78, 5) is 19.4. The number of para-hydroxylation sites is 1. The topological polar surface area (TPSA) is 51.7 Å². The molecular weight excluding hydrogens is 424 g/mol. The van der Waals surface area contributed by atoms with Crippen LogP contribution in [0.4, 0.5) is 0 Å². The number of nitrogens with zero attached hydrogens (tertiary/aromatic N) is 2. The Morgan fingerprint density at radius 3 is 3.00 bits per heavy atom. The van der Waals surface area contributed by atoms with Gasteiger partial charge in [-0.05, 0) is 36.2 Å². The number of amides is 1. The highest BCUT2D eigenvalue weighted by molar-refractivity contribution is 8.01. The second-order valence-corrected chi connectivity index (χ2v) is 10.4. The van der Waals surface area contributed by atoms with Crippen molar-refractivity contribution in [3.63, 3.8) is 0 Å². The van der Waals surface area contributed by atoms with E-state index in [1.54, 1.807) is 23.1 Å². The quantitative estimate of drug-likeness (QED) is 0.538. The maximum Gasteiger partial charge on any atom is 0.233 e. The Bertz CT molecular complexity index is 1010. The molecule has 5 nitrogen and oxygen atoms in total. The van der Waals surface area contributed by atoms with Crippen LogP contribution in [0.3, 0.4) is 0 Å². The highest BCUT2D eigenvalue weighted by Crippen LogP contribution is 2.40. The van der Waals surface area contributed by atoms with Crippen molar-refractivity contribution < 1.29 is 14.3 Å². The lowest BCUT2D eigenvalue weighted by Crippen LogP contribution is -2.34. The van der Waals surface area contributed by atoms with E-state index in [0.29, 0.717) is 17.8 Å². The molecular formula is C21H20N2O3S3. The predicted molar refractivity (Wildman–Crippen MR) is 119 cm³/mol. The molecule has 0 bridgehead atoms. The highest BCUT2D eigenvalue weighted by Gasteiger charge is 2.24. The minimum atomic E-state index is 0.196. The Morgan fingerprint density at radius 1 is 1.17 bits per heavy atom. The van der Waals surface area contributed by atoms with E-state index in [0.717, 1.165) is 46.6 Å². The second kappa shape index (κ2) is 8.45. The Labute approximate surface area is 181 Å². The molecule has 0 aliphatic carbocycles. The fraction of sp³-hybridized carbons (Fsp3) is 0.333. The summed E-state index contributed by atoms with van der Waals surface area (Å²) in [6.07, 6.45) is 0.946. The third kappa shape index (κ3) is 4.20. The zero-order chi connectivity index (χ0) is 19.6. The van der Waals surface area contributed by atoms with Crippen molar-refractivity contribution in [1.82, 2.24) is 9.88 Å². The molecule has 1 aromatic heterocycles. The van der Waals surface area contributed by atoms with E-state index in [1.165, 1.54) is 10.3 Å². The van der Waals surface area contributed by atoms with Crippen LogP contribution in [0.15, 0.2) is 46.8 Å². The Hall–Kier alpha value is -1.90. The number of thiazole rings is 1. The van der Waals surface area contributed by atoms with Gasteiger partial charge in [-0.25, -0.2) is 4.98 Å². The van der Waals surface area contributed by atoms with Gasteiger partial charge in [0.1, 0.15) is 0 Å². The monoisotopic (exact) mass is 444 g/mol. The lowest BCUT2D eigenvalue weighted by atomic mass is 10.1. The van der Waals surface area contributed by atoms with Gasteiger partial charge in [-0.3, -0.25) is 4.79 Å². The fourth-order valence-electron chi connectivity index (χ4n) is 3.53. The number of fused-ring (bicyclic) bond motifs is 2. The molecule has 0 saturated carbocycles. The molecule has 3 aromatic rings. The number of hydrogen-bond acceptors (Lipinski definition) is 7. The molecule has 1 atom stereocenters. The van der Waals surface area contributed by atoms with Crippen LogP contribution in [0.1, 0.15) is 17.2 Å². The van der Waals surface area contributed by atoms with Gasteiger partial charge >= 0.3 is 0 Å². The molecule has 0 spiro atoms. The minimum absolute atomic E-state index is 0.196. The smallest absolute Gasteiger partial charge is 0.233 e. The second-order valence-electron chi connectivity index (χ2n) is 6.88. The number of carbonyl (C=O) groups is 1. The number of carbonyl (C=O) groups excluding carboxylic acids is 1. The van der Waals surface area contributed by atoms with Gasteiger partial charge in [0.2, 0.25) is 12.7 Å². The summed E-state index contributed by atoms with van der Waals surface area (Å²) in [5, 5.41) is 0.374. The van der Waals surface area contributed by atoms with Crippen LogP contribution in [0.5, 0.6) is 11.5 Å². The summed E-state index contributed by atoms with van der Waals surface area (Å²) in [5.74, 6) is 3.22. The van der Waals surface area contributed by atoms with E-state index < -0.39 is 0 Å². The molecule has 8 heteroatoms. The van der Waals surface area contributed by atoms with Crippen LogP contribution >= 0.6 is 34.9 Å². The molecule has 3 heterocycles. The average molecular weight is 445 g/mol. The van der Waals surface area contributed by atoms with E-state index in [-0.39, 0.29) is 5.91 Å². The van der Waals surface area contributed by atoms with Crippen molar-refractivity contribution in [2.75, 3.05) is 31.4 Å². The number of benzene rings is 2. The number of rotatable bonds is 4. The van der Waals surface area contributed by atoms with Gasteiger partial charge in [0.15, 0.2) is 15.8 Å². The number of ether oxygens (including phenoxy) is 2. The first-order chi connectivity index (χ1) is 14.3. The van der Waals surface area contributed by atoms with Crippen molar-refractivity contribution in [2.24, 2.45) is 0 Å². The number of hydrogen-bond donors (Lipinski definition) is 0. The summed E-state index contributed by atoms with van der Waals surface area (Å²) >= 11 is 5.11. The number of aromatic nitrogens is 1. The molecule has 1 unspecified atom stereocenters. The van der Waals surface area contributed by atoms with Gasteiger partial charge in [0, 0.05) is 24.1 Å². The third-order valence-electron chi connectivity index (χ3n) is 5.06. The predicted octanol–water partition coefficient (Wildman–Crippen LogP) is 4.82. The fourth-order valence-corrected chi connectivity index (χ4v) is 6.72. The third-order valence-corrected chi connectivity index (χ3v) is 8.55. The summed E-state index contributed by atoms with van der Waals surface area (Å²) in [5.41, 5.74) is 2.25. The van der Waals surface area contributed by atoms with Crippen LogP contribution < -0.4 is 9.47 Å². The van der Waals surface area contributed by atoms with E-state index in [4.69, 9.17) is 9.47 Å². The summed E-state index contributed by atoms with van der Waals surface area (Å²) in [6, 6.07) is 14.3. The lowest BCUT2D eigenvalue weighted by Gasteiger charge is -2.20. The normalized spacial score (nSPS) is 18.8. The highest BCUT2D eigenvalue weighted by atomic mass is 32.2. The first kappa shape index (κ1) is 19.1.